The molecule has 9 nitrogen and oxygen atoms in total. The normalized spacial score (nSPS) is 14.2. The molecule has 0 N–H and O–H groups in total. The molecular weight excluding hydrogens is 437 g/mol. The third-order valence-corrected chi connectivity index (χ3v) is 6.37. The smallest absolute Gasteiger partial charge is 0.278 e. The lowest BCUT2D eigenvalue weighted by Gasteiger charge is -2.14. The van der Waals surface area contributed by atoms with Gasteiger partial charge in [-0.1, -0.05) is 24.1 Å². The molecule has 4 heterocycles. The third-order valence-electron chi connectivity index (χ3n) is 6.37. The standard InChI is InChI=1S/C24H18FN7O2/c25-17-8-9-18-20(16(17)11-26)31(12-15-7-3-4-10-27-15)24(33)21-19(28-13-32(18)21)23-29-22(30-34-23)14-5-1-2-6-14/h3-4,7-10,13-14H,1-2,5-6,12H2. The van der Waals surface area contributed by atoms with Crippen LogP contribution in [0.2, 0.25) is 0 Å². The molecule has 5 aromatic rings. The van der Waals surface area contributed by atoms with E-state index in [9.17, 15) is 14.4 Å². The Morgan fingerprint density at radius 1 is 1.15 bits per heavy atom. The molecule has 34 heavy (non-hydrogen) atoms. The van der Waals surface area contributed by atoms with Crippen LogP contribution in [0.3, 0.4) is 0 Å². The van der Waals surface area contributed by atoms with Crippen LogP contribution in [0, 0.1) is 17.1 Å². The van der Waals surface area contributed by atoms with Gasteiger partial charge in [0.05, 0.1) is 23.3 Å². The topological polar surface area (TPSA) is 115 Å². The van der Waals surface area contributed by atoms with E-state index in [4.69, 9.17) is 4.52 Å². The van der Waals surface area contributed by atoms with Crippen LogP contribution >= 0.6 is 0 Å². The van der Waals surface area contributed by atoms with Crippen molar-refractivity contribution in [3.05, 3.63) is 76.1 Å². The first-order chi connectivity index (χ1) is 16.7. The summed E-state index contributed by atoms with van der Waals surface area (Å²) in [6, 6.07) is 9.96. The first kappa shape index (κ1) is 20.2. The predicted molar refractivity (Wildman–Crippen MR) is 119 cm³/mol. The van der Waals surface area contributed by atoms with Crippen LogP contribution in [-0.2, 0) is 6.54 Å². The van der Waals surface area contributed by atoms with E-state index >= 15 is 0 Å². The summed E-state index contributed by atoms with van der Waals surface area (Å²) in [7, 11) is 0. The second-order valence-electron chi connectivity index (χ2n) is 8.37. The second kappa shape index (κ2) is 7.88. The molecule has 1 fully saturated rings. The zero-order valence-electron chi connectivity index (χ0n) is 18.0. The molecule has 0 spiro atoms. The van der Waals surface area contributed by atoms with Gasteiger partial charge in [0.15, 0.2) is 11.5 Å². The van der Waals surface area contributed by atoms with E-state index in [0.29, 0.717) is 17.0 Å². The number of nitrogens with zero attached hydrogens (tertiary/aromatic N) is 7. The molecule has 1 saturated carbocycles. The Labute approximate surface area is 192 Å². The van der Waals surface area contributed by atoms with Gasteiger partial charge in [0.1, 0.15) is 29.3 Å². The van der Waals surface area contributed by atoms with Crippen molar-refractivity contribution < 1.29 is 8.91 Å². The summed E-state index contributed by atoms with van der Waals surface area (Å²) in [6.45, 7) is 0.0482. The molecule has 168 valence electrons. The molecule has 0 saturated heterocycles. The van der Waals surface area contributed by atoms with Gasteiger partial charge >= 0.3 is 0 Å². The number of halogens is 1. The number of hydrogen-bond acceptors (Lipinski definition) is 7. The number of benzene rings is 1. The summed E-state index contributed by atoms with van der Waals surface area (Å²) < 4.78 is 23.0. The largest absolute Gasteiger partial charge is 0.332 e. The lowest BCUT2D eigenvalue weighted by molar-refractivity contribution is 0.415. The minimum atomic E-state index is -0.707. The maximum atomic E-state index is 14.6. The van der Waals surface area contributed by atoms with Gasteiger partial charge in [0, 0.05) is 12.1 Å². The molecule has 0 aliphatic heterocycles. The van der Waals surface area contributed by atoms with Crippen molar-refractivity contribution in [2.24, 2.45) is 0 Å². The summed E-state index contributed by atoms with van der Waals surface area (Å²) in [5.41, 5.74) is 0.995. The van der Waals surface area contributed by atoms with Crippen LogP contribution in [0.15, 0.2) is 52.2 Å². The summed E-state index contributed by atoms with van der Waals surface area (Å²) in [5, 5.41) is 13.8. The lowest BCUT2D eigenvalue weighted by Crippen LogP contribution is -2.25. The molecule has 0 bridgehead atoms. The van der Waals surface area contributed by atoms with Crippen molar-refractivity contribution in [3.63, 3.8) is 0 Å². The number of aromatic nitrogens is 6. The highest BCUT2D eigenvalue weighted by atomic mass is 19.1. The fourth-order valence-electron chi connectivity index (χ4n) is 4.74. The van der Waals surface area contributed by atoms with Crippen molar-refractivity contribution in [3.8, 4) is 17.7 Å². The van der Waals surface area contributed by atoms with Gasteiger partial charge in [0.25, 0.3) is 11.4 Å². The summed E-state index contributed by atoms with van der Waals surface area (Å²) >= 11 is 0. The van der Waals surface area contributed by atoms with Gasteiger partial charge in [-0.05, 0) is 37.1 Å². The van der Waals surface area contributed by atoms with Crippen LogP contribution < -0.4 is 5.56 Å². The Morgan fingerprint density at radius 3 is 2.76 bits per heavy atom. The Kier molecular flexibility index (Phi) is 4.69. The number of hydrogen-bond donors (Lipinski definition) is 0. The highest BCUT2D eigenvalue weighted by Crippen LogP contribution is 2.34. The van der Waals surface area contributed by atoms with E-state index in [1.807, 2.05) is 6.07 Å². The maximum absolute atomic E-state index is 14.6. The lowest BCUT2D eigenvalue weighted by atomic mass is 10.1. The zero-order chi connectivity index (χ0) is 23.2. The monoisotopic (exact) mass is 455 g/mol. The van der Waals surface area contributed by atoms with Crippen LogP contribution in [0.1, 0.15) is 48.7 Å². The predicted octanol–water partition coefficient (Wildman–Crippen LogP) is 3.81. The molecule has 1 aliphatic rings. The van der Waals surface area contributed by atoms with E-state index in [2.05, 4.69) is 20.1 Å². The highest BCUT2D eigenvalue weighted by molar-refractivity contribution is 5.87. The third kappa shape index (κ3) is 3.08. The van der Waals surface area contributed by atoms with Gasteiger partial charge in [-0.3, -0.25) is 18.7 Å². The molecule has 0 radical (unpaired) electrons. The fourth-order valence-corrected chi connectivity index (χ4v) is 4.74. The van der Waals surface area contributed by atoms with E-state index in [-0.39, 0.29) is 40.6 Å². The van der Waals surface area contributed by atoms with Crippen LogP contribution in [0.4, 0.5) is 4.39 Å². The second-order valence-corrected chi connectivity index (χ2v) is 8.37. The van der Waals surface area contributed by atoms with E-state index in [1.165, 1.54) is 23.0 Å². The number of fused-ring (bicyclic) bond motifs is 3. The van der Waals surface area contributed by atoms with Crippen molar-refractivity contribution in [2.75, 3.05) is 0 Å². The number of nitriles is 1. The van der Waals surface area contributed by atoms with Gasteiger partial charge in [0.2, 0.25) is 0 Å². The van der Waals surface area contributed by atoms with Gasteiger partial charge in [-0.2, -0.15) is 10.2 Å². The zero-order valence-corrected chi connectivity index (χ0v) is 18.0. The van der Waals surface area contributed by atoms with E-state index in [1.54, 1.807) is 28.8 Å². The number of rotatable bonds is 4. The average Bonchev–Trinajstić information content (AvgIpc) is 3.62. The van der Waals surface area contributed by atoms with Crippen molar-refractivity contribution >= 4 is 16.6 Å². The highest BCUT2D eigenvalue weighted by Gasteiger charge is 2.26. The summed E-state index contributed by atoms with van der Waals surface area (Å²) in [4.78, 5) is 27.0. The fraction of sp³-hybridized carbons (Fsp3) is 0.250. The molecule has 0 unspecified atom stereocenters. The first-order valence-electron chi connectivity index (χ1n) is 11.0. The van der Waals surface area contributed by atoms with E-state index in [0.717, 1.165) is 25.7 Å². The minimum Gasteiger partial charge on any atom is -0.332 e. The van der Waals surface area contributed by atoms with Crippen molar-refractivity contribution in [1.82, 2.24) is 29.1 Å². The number of imidazole rings is 1. The molecule has 0 atom stereocenters. The molecular formula is C24H18FN7O2. The summed E-state index contributed by atoms with van der Waals surface area (Å²) in [5.74, 6) is 0.320. The van der Waals surface area contributed by atoms with Gasteiger partial charge < -0.3 is 4.52 Å². The Bertz CT molecular complexity index is 1640. The molecule has 6 rings (SSSR count). The SMILES string of the molecule is N#Cc1c(F)ccc2c1n(Cc1ccccn1)c(=O)c1c(-c3nc(C4CCCC4)no3)ncn12. The summed E-state index contributed by atoms with van der Waals surface area (Å²) in [6.07, 6.45) is 7.34. The van der Waals surface area contributed by atoms with E-state index < -0.39 is 11.4 Å². The van der Waals surface area contributed by atoms with Gasteiger partial charge in [-0.25, -0.2) is 9.37 Å². The quantitative estimate of drug-likeness (QED) is 0.405. The van der Waals surface area contributed by atoms with Crippen molar-refractivity contribution in [2.45, 2.75) is 38.1 Å². The Balaban J connectivity index is 1.62. The van der Waals surface area contributed by atoms with Crippen LogP contribution in [-0.4, -0.2) is 29.1 Å². The molecule has 0 amide bonds. The first-order valence-corrected chi connectivity index (χ1v) is 11.0. The van der Waals surface area contributed by atoms with Gasteiger partial charge in [-0.15, -0.1) is 0 Å². The average molecular weight is 455 g/mol. The van der Waals surface area contributed by atoms with Crippen LogP contribution in [0.25, 0.3) is 28.1 Å². The Morgan fingerprint density at radius 2 is 2.00 bits per heavy atom. The minimum absolute atomic E-state index is 0.0482. The molecule has 10 heteroatoms. The Hall–Kier alpha value is -4.39. The molecule has 1 aliphatic carbocycles. The molecule has 4 aromatic heterocycles. The van der Waals surface area contributed by atoms with Crippen LogP contribution in [0.5, 0.6) is 0 Å². The maximum Gasteiger partial charge on any atom is 0.278 e. The molecule has 1 aromatic carbocycles. The number of pyridine rings is 1. The van der Waals surface area contributed by atoms with Crippen molar-refractivity contribution in [1.29, 1.82) is 5.26 Å².